The summed E-state index contributed by atoms with van der Waals surface area (Å²) in [4.78, 5) is 23.7. The molecule has 0 aliphatic carbocycles. The van der Waals surface area contributed by atoms with E-state index in [2.05, 4.69) is 20.0 Å². The molecule has 7 nitrogen and oxygen atoms in total. The average molecular weight is 363 g/mol. The number of pyridine rings is 2. The van der Waals surface area contributed by atoms with E-state index in [1.807, 2.05) is 31.6 Å². The van der Waals surface area contributed by atoms with Crippen LogP contribution in [-0.2, 0) is 23.0 Å². The van der Waals surface area contributed by atoms with Gasteiger partial charge in [-0.2, -0.15) is 5.10 Å². The number of rotatable bonds is 5. The van der Waals surface area contributed by atoms with Crippen LogP contribution < -0.4 is 0 Å². The van der Waals surface area contributed by atoms with Gasteiger partial charge in [0.05, 0.1) is 37.6 Å². The number of carbonyl (C=O) groups is 1. The highest BCUT2D eigenvalue weighted by atomic mass is 16.5. The number of carbonyl (C=O) groups excluding carboxylic acids is 1. The number of hydrogen-bond acceptors (Lipinski definition) is 6. The number of Topliss-reactive ketones (excluding diaryl/α,β-unsaturated/α-hetero) is 1. The lowest BCUT2D eigenvalue weighted by atomic mass is 10.1. The third-order valence-corrected chi connectivity index (χ3v) is 5.43. The van der Waals surface area contributed by atoms with E-state index < -0.39 is 0 Å². The molecule has 2 atom stereocenters. The van der Waals surface area contributed by atoms with Crippen LogP contribution in [0.2, 0.25) is 0 Å². The van der Waals surface area contributed by atoms with Gasteiger partial charge in [-0.15, -0.1) is 0 Å². The van der Waals surface area contributed by atoms with Crippen molar-refractivity contribution in [2.45, 2.75) is 25.0 Å². The van der Waals surface area contributed by atoms with E-state index in [-0.39, 0.29) is 5.78 Å². The maximum atomic E-state index is 12.5. The van der Waals surface area contributed by atoms with Crippen LogP contribution in [-0.4, -0.2) is 62.3 Å². The first kappa shape index (κ1) is 16.5. The summed E-state index contributed by atoms with van der Waals surface area (Å²) in [6, 6.07) is 4.43. The third-order valence-electron chi connectivity index (χ3n) is 5.43. The molecule has 0 saturated carbocycles. The van der Waals surface area contributed by atoms with Crippen molar-refractivity contribution in [1.29, 1.82) is 0 Å². The number of nitrogens with zero attached hydrogens (tertiary/aromatic N) is 5. The molecule has 3 aromatic rings. The molecule has 0 amide bonds. The second-order valence-electron chi connectivity index (χ2n) is 7.48. The molecule has 27 heavy (non-hydrogen) atoms. The number of likely N-dealkylation sites (tertiary alicyclic amines) is 1. The van der Waals surface area contributed by atoms with Gasteiger partial charge in [0, 0.05) is 54.9 Å². The summed E-state index contributed by atoms with van der Waals surface area (Å²) in [7, 11) is 1.89. The quantitative estimate of drug-likeness (QED) is 0.686. The molecule has 0 N–H and O–H groups in total. The molecular weight excluding hydrogens is 342 g/mol. The zero-order valence-corrected chi connectivity index (χ0v) is 15.2. The molecule has 0 aromatic carbocycles. The minimum atomic E-state index is 0.205. The number of aromatic nitrogens is 4. The normalized spacial score (nSPS) is 22.0. The third kappa shape index (κ3) is 3.24. The zero-order valence-electron chi connectivity index (χ0n) is 15.2. The Bertz CT molecular complexity index is 1010. The van der Waals surface area contributed by atoms with Gasteiger partial charge in [-0.1, -0.05) is 0 Å². The Morgan fingerprint density at radius 2 is 2.11 bits per heavy atom. The Morgan fingerprint density at radius 1 is 1.22 bits per heavy atom. The van der Waals surface area contributed by atoms with E-state index in [0.29, 0.717) is 25.1 Å². The van der Waals surface area contributed by atoms with E-state index in [1.165, 1.54) is 0 Å². The summed E-state index contributed by atoms with van der Waals surface area (Å²) < 4.78 is 7.36. The lowest BCUT2D eigenvalue weighted by Gasteiger charge is -2.25. The second kappa shape index (κ2) is 6.51. The first-order chi connectivity index (χ1) is 13.1. The lowest BCUT2D eigenvalue weighted by Crippen LogP contribution is -2.40. The number of fused-ring (bicyclic) bond motifs is 3. The van der Waals surface area contributed by atoms with Gasteiger partial charge in [0.1, 0.15) is 0 Å². The summed E-state index contributed by atoms with van der Waals surface area (Å²) in [5.74, 6) is 0.205. The molecule has 2 bridgehead atoms. The van der Waals surface area contributed by atoms with Crippen molar-refractivity contribution in [2.24, 2.45) is 7.05 Å². The SMILES string of the molecule is Cn1cc(-c2cc3cc(CC(=O)CN4C[C@H]5C[C@@H]4CO5)ncc3cn2)cn1. The summed E-state index contributed by atoms with van der Waals surface area (Å²) in [5.41, 5.74) is 2.64. The van der Waals surface area contributed by atoms with Gasteiger partial charge in [0.2, 0.25) is 0 Å². The molecule has 3 aromatic heterocycles. The van der Waals surface area contributed by atoms with E-state index in [4.69, 9.17) is 4.74 Å². The molecule has 138 valence electrons. The Hall–Kier alpha value is -2.64. The van der Waals surface area contributed by atoms with Crippen molar-refractivity contribution >= 4 is 16.6 Å². The molecule has 0 radical (unpaired) electrons. The van der Waals surface area contributed by atoms with Gasteiger partial charge in [-0.3, -0.25) is 24.3 Å². The number of hydrogen-bond donors (Lipinski definition) is 0. The summed E-state index contributed by atoms with van der Waals surface area (Å²) >= 11 is 0. The molecule has 2 fully saturated rings. The largest absolute Gasteiger partial charge is 0.375 e. The van der Waals surface area contributed by atoms with Crippen molar-refractivity contribution < 1.29 is 9.53 Å². The number of aryl methyl sites for hydroxylation is 1. The first-order valence-electron chi connectivity index (χ1n) is 9.25. The predicted octanol–water partition coefficient (Wildman–Crippen LogP) is 1.62. The molecule has 2 saturated heterocycles. The highest BCUT2D eigenvalue weighted by molar-refractivity contribution is 5.87. The van der Waals surface area contributed by atoms with Crippen LogP contribution in [0.25, 0.3) is 22.0 Å². The maximum absolute atomic E-state index is 12.5. The minimum Gasteiger partial charge on any atom is -0.375 e. The van der Waals surface area contributed by atoms with Crippen LogP contribution in [0.4, 0.5) is 0 Å². The first-order valence-corrected chi connectivity index (χ1v) is 9.25. The van der Waals surface area contributed by atoms with Crippen molar-refractivity contribution in [2.75, 3.05) is 19.7 Å². The van der Waals surface area contributed by atoms with Crippen LogP contribution in [0.3, 0.4) is 0 Å². The maximum Gasteiger partial charge on any atom is 0.152 e. The molecule has 0 unspecified atom stereocenters. The van der Waals surface area contributed by atoms with Gasteiger partial charge in [-0.05, 0) is 23.9 Å². The molecule has 5 heterocycles. The summed E-state index contributed by atoms with van der Waals surface area (Å²) in [5, 5.41) is 6.20. The zero-order chi connectivity index (χ0) is 18.4. The van der Waals surface area contributed by atoms with Gasteiger partial charge in [-0.25, -0.2) is 0 Å². The Kier molecular flexibility index (Phi) is 3.98. The molecular formula is C20H21N5O2. The fourth-order valence-electron chi connectivity index (χ4n) is 4.05. The van der Waals surface area contributed by atoms with E-state index in [0.717, 1.165) is 47.3 Å². The van der Waals surface area contributed by atoms with Crippen LogP contribution >= 0.6 is 0 Å². The van der Waals surface area contributed by atoms with Crippen molar-refractivity contribution in [3.05, 3.63) is 42.6 Å². The van der Waals surface area contributed by atoms with Crippen LogP contribution in [0.15, 0.2) is 36.9 Å². The van der Waals surface area contributed by atoms with E-state index in [9.17, 15) is 4.79 Å². The predicted molar refractivity (Wildman–Crippen MR) is 100 cm³/mol. The molecule has 0 spiro atoms. The molecule has 5 rings (SSSR count). The topological polar surface area (TPSA) is 73.1 Å². The molecule has 7 heteroatoms. The molecule has 2 aliphatic rings. The van der Waals surface area contributed by atoms with Gasteiger partial charge >= 0.3 is 0 Å². The number of morpholine rings is 1. The van der Waals surface area contributed by atoms with Gasteiger partial charge < -0.3 is 4.74 Å². The highest BCUT2D eigenvalue weighted by Gasteiger charge is 2.39. The Labute approximate surface area is 157 Å². The second-order valence-corrected chi connectivity index (χ2v) is 7.48. The van der Waals surface area contributed by atoms with E-state index >= 15 is 0 Å². The van der Waals surface area contributed by atoms with Crippen molar-refractivity contribution in [3.8, 4) is 11.3 Å². The monoisotopic (exact) mass is 363 g/mol. The van der Waals surface area contributed by atoms with Crippen LogP contribution in [0, 0.1) is 0 Å². The fraction of sp³-hybridized carbons (Fsp3) is 0.400. The van der Waals surface area contributed by atoms with Gasteiger partial charge in [0.15, 0.2) is 5.78 Å². The number of ketones is 1. The van der Waals surface area contributed by atoms with E-state index in [1.54, 1.807) is 17.1 Å². The van der Waals surface area contributed by atoms with Crippen molar-refractivity contribution in [3.63, 3.8) is 0 Å². The minimum absolute atomic E-state index is 0.205. The van der Waals surface area contributed by atoms with Crippen LogP contribution in [0.1, 0.15) is 12.1 Å². The van der Waals surface area contributed by atoms with Gasteiger partial charge in [0.25, 0.3) is 0 Å². The lowest BCUT2D eigenvalue weighted by molar-refractivity contribution is -0.120. The van der Waals surface area contributed by atoms with Crippen LogP contribution in [0.5, 0.6) is 0 Å². The Morgan fingerprint density at radius 3 is 2.85 bits per heavy atom. The number of ether oxygens (including phenoxy) is 1. The molecule has 2 aliphatic heterocycles. The van der Waals surface area contributed by atoms with Crippen molar-refractivity contribution in [1.82, 2.24) is 24.6 Å². The average Bonchev–Trinajstić information content (AvgIpc) is 3.38. The smallest absolute Gasteiger partial charge is 0.152 e. The summed E-state index contributed by atoms with van der Waals surface area (Å²) in [6.45, 7) is 2.12. The summed E-state index contributed by atoms with van der Waals surface area (Å²) in [6.07, 6.45) is 9.09. The highest BCUT2D eigenvalue weighted by Crippen LogP contribution is 2.27. The fourth-order valence-corrected chi connectivity index (χ4v) is 4.05. The Balaban J connectivity index is 1.33. The standard InChI is InChI=1S/C20H21N5O2/c1-24-9-15(8-23-24)20-3-13-2-16(21-6-14(13)7-22-20)4-18(26)10-25-11-19-5-17(25)12-27-19/h2-3,6-9,17,19H,4-5,10-12H2,1H3/t17-,19-/m1/s1.